The molecule has 1 rings (SSSR count). The average Bonchev–Trinajstić information content (AvgIpc) is 2.77. The highest BCUT2D eigenvalue weighted by Gasteiger charge is 2.30. The Labute approximate surface area is 129 Å². The minimum atomic E-state index is -0.594. The lowest BCUT2D eigenvalue weighted by molar-refractivity contribution is -0.389. The van der Waals surface area contributed by atoms with E-state index >= 15 is 0 Å². The lowest BCUT2D eigenvalue weighted by Crippen LogP contribution is -2.44. The fourth-order valence-electron chi connectivity index (χ4n) is 2.28. The predicted octanol–water partition coefficient (Wildman–Crippen LogP) is 1.26. The summed E-state index contributed by atoms with van der Waals surface area (Å²) in [6, 6.07) is 0. The van der Waals surface area contributed by atoms with E-state index in [-0.39, 0.29) is 24.2 Å². The van der Waals surface area contributed by atoms with Crippen molar-refractivity contribution in [2.45, 2.75) is 47.3 Å². The largest absolute Gasteiger partial charge is 0.392 e. The first-order valence-electron chi connectivity index (χ1n) is 7.17. The van der Waals surface area contributed by atoms with Gasteiger partial charge in [0.1, 0.15) is 12.7 Å². The quantitative estimate of drug-likeness (QED) is 0.581. The van der Waals surface area contributed by atoms with Crippen molar-refractivity contribution in [1.82, 2.24) is 14.9 Å². The minimum Gasteiger partial charge on any atom is -0.392 e. The SMILES string of the molecule is Cc1nc([N+](=O)[O-])cn1CC(=O)NCC(C)(C)C(O)C(C)C. The van der Waals surface area contributed by atoms with Crippen LogP contribution >= 0.6 is 0 Å². The molecule has 1 amide bonds. The topological polar surface area (TPSA) is 110 Å². The van der Waals surface area contributed by atoms with Crippen LogP contribution in [0.25, 0.3) is 0 Å². The van der Waals surface area contributed by atoms with E-state index < -0.39 is 16.4 Å². The second-order valence-electron chi connectivity index (χ2n) is 6.49. The van der Waals surface area contributed by atoms with Crippen LogP contribution in [0.4, 0.5) is 5.82 Å². The molecule has 0 aromatic carbocycles. The van der Waals surface area contributed by atoms with Gasteiger partial charge in [-0.1, -0.05) is 27.7 Å². The molecule has 1 unspecified atom stereocenters. The molecule has 0 aliphatic carbocycles. The van der Waals surface area contributed by atoms with Gasteiger partial charge in [-0.25, -0.2) is 0 Å². The Morgan fingerprint density at radius 1 is 1.55 bits per heavy atom. The van der Waals surface area contributed by atoms with Gasteiger partial charge in [-0.3, -0.25) is 9.36 Å². The fourth-order valence-corrected chi connectivity index (χ4v) is 2.28. The number of carbonyl (C=O) groups is 1. The minimum absolute atomic E-state index is 0.0411. The highest BCUT2D eigenvalue weighted by Crippen LogP contribution is 2.25. The predicted molar refractivity (Wildman–Crippen MR) is 81.3 cm³/mol. The molecule has 8 nitrogen and oxygen atoms in total. The number of aliphatic hydroxyl groups is 1. The Bertz CT molecular complexity index is 551. The van der Waals surface area contributed by atoms with Crippen molar-refractivity contribution in [1.29, 1.82) is 0 Å². The number of carbonyl (C=O) groups excluding carboxylic acids is 1. The van der Waals surface area contributed by atoms with E-state index in [1.54, 1.807) is 6.92 Å². The first kappa shape index (κ1) is 18.1. The number of hydrogen-bond acceptors (Lipinski definition) is 5. The van der Waals surface area contributed by atoms with Gasteiger partial charge in [0.25, 0.3) is 0 Å². The first-order valence-corrected chi connectivity index (χ1v) is 7.17. The van der Waals surface area contributed by atoms with Crippen LogP contribution in [0.5, 0.6) is 0 Å². The fraction of sp³-hybridized carbons (Fsp3) is 0.714. The summed E-state index contributed by atoms with van der Waals surface area (Å²) in [6.45, 7) is 9.48. The lowest BCUT2D eigenvalue weighted by Gasteiger charge is -2.33. The van der Waals surface area contributed by atoms with Crippen molar-refractivity contribution in [2.24, 2.45) is 11.3 Å². The van der Waals surface area contributed by atoms with Gasteiger partial charge in [-0.2, -0.15) is 0 Å². The molecule has 0 radical (unpaired) electrons. The zero-order valence-corrected chi connectivity index (χ0v) is 13.7. The number of aliphatic hydroxyl groups excluding tert-OH is 1. The highest BCUT2D eigenvalue weighted by molar-refractivity contribution is 5.75. The smallest absolute Gasteiger partial charge is 0.381 e. The second-order valence-corrected chi connectivity index (χ2v) is 6.49. The van der Waals surface area contributed by atoms with Gasteiger partial charge in [-0.05, 0) is 15.8 Å². The molecular formula is C14H24N4O4. The monoisotopic (exact) mass is 312 g/mol. The maximum Gasteiger partial charge on any atom is 0.381 e. The summed E-state index contributed by atoms with van der Waals surface area (Å²) in [5.41, 5.74) is -0.459. The molecule has 0 aliphatic heterocycles. The number of aromatic nitrogens is 2. The Hall–Kier alpha value is -1.96. The van der Waals surface area contributed by atoms with E-state index in [0.717, 1.165) is 0 Å². The molecule has 0 saturated heterocycles. The number of nitrogens with one attached hydrogen (secondary N) is 1. The standard InChI is InChI=1S/C14H24N4O4/c1-9(2)13(20)14(4,5)8-15-12(19)7-17-6-11(18(21)22)16-10(17)3/h6,9,13,20H,7-8H2,1-5H3,(H,15,19). The van der Waals surface area contributed by atoms with Gasteiger partial charge in [0.2, 0.25) is 11.7 Å². The van der Waals surface area contributed by atoms with Crippen LogP contribution in [0.3, 0.4) is 0 Å². The molecule has 22 heavy (non-hydrogen) atoms. The maximum atomic E-state index is 12.0. The van der Waals surface area contributed by atoms with Gasteiger partial charge in [0.15, 0.2) is 0 Å². The van der Waals surface area contributed by atoms with Crippen molar-refractivity contribution in [3.8, 4) is 0 Å². The van der Waals surface area contributed by atoms with E-state index in [2.05, 4.69) is 10.3 Å². The summed E-state index contributed by atoms with van der Waals surface area (Å²) in [5, 5.41) is 23.5. The number of hydrogen-bond donors (Lipinski definition) is 2. The number of nitro groups is 1. The summed E-state index contributed by atoms with van der Waals surface area (Å²) in [4.78, 5) is 25.8. The van der Waals surface area contributed by atoms with Crippen LogP contribution < -0.4 is 5.32 Å². The number of rotatable bonds is 7. The van der Waals surface area contributed by atoms with E-state index in [1.165, 1.54) is 10.8 Å². The normalized spacial score (nSPS) is 13.2. The van der Waals surface area contributed by atoms with Gasteiger partial charge in [0.05, 0.1) is 6.10 Å². The van der Waals surface area contributed by atoms with Gasteiger partial charge < -0.3 is 20.5 Å². The number of aryl methyl sites for hydroxylation is 1. The Kier molecular flexibility index (Phi) is 5.65. The molecule has 1 aromatic heterocycles. The summed E-state index contributed by atoms with van der Waals surface area (Å²) >= 11 is 0. The first-order chi connectivity index (χ1) is 10.0. The summed E-state index contributed by atoms with van der Waals surface area (Å²) in [5.74, 6) is -0.0611. The Morgan fingerprint density at radius 3 is 2.59 bits per heavy atom. The molecule has 1 atom stereocenters. The van der Waals surface area contributed by atoms with Crippen molar-refractivity contribution < 1.29 is 14.8 Å². The molecule has 2 N–H and O–H groups in total. The summed E-state index contributed by atoms with van der Waals surface area (Å²) < 4.78 is 1.43. The zero-order chi connectivity index (χ0) is 17.1. The van der Waals surface area contributed by atoms with Crippen molar-refractivity contribution >= 4 is 11.7 Å². The molecule has 1 aromatic rings. The molecule has 8 heteroatoms. The van der Waals surface area contributed by atoms with Crippen LogP contribution in [-0.2, 0) is 11.3 Å². The third-order valence-corrected chi connectivity index (χ3v) is 3.64. The van der Waals surface area contributed by atoms with Crippen molar-refractivity contribution in [3.05, 3.63) is 22.1 Å². The van der Waals surface area contributed by atoms with Crippen LogP contribution in [0.2, 0.25) is 0 Å². The third-order valence-electron chi connectivity index (χ3n) is 3.64. The van der Waals surface area contributed by atoms with Crippen LogP contribution in [-0.4, -0.2) is 38.1 Å². The van der Waals surface area contributed by atoms with Crippen LogP contribution in [0.1, 0.15) is 33.5 Å². The highest BCUT2D eigenvalue weighted by atomic mass is 16.6. The second kappa shape index (κ2) is 6.87. The Balaban J connectivity index is 2.62. The summed E-state index contributed by atoms with van der Waals surface area (Å²) in [6.07, 6.45) is 0.701. The molecular weight excluding hydrogens is 288 g/mol. The molecule has 1 heterocycles. The molecule has 124 valence electrons. The molecule has 0 aliphatic rings. The molecule has 0 bridgehead atoms. The Morgan fingerprint density at radius 2 is 2.14 bits per heavy atom. The maximum absolute atomic E-state index is 12.0. The third kappa shape index (κ3) is 4.52. The van der Waals surface area contributed by atoms with Crippen LogP contribution in [0, 0.1) is 28.4 Å². The zero-order valence-electron chi connectivity index (χ0n) is 13.7. The number of amides is 1. The summed E-state index contributed by atoms with van der Waals surface area (Å²) in [7, 11) is 0. The molecule has 0 saturated carbocycles. The number of imidazole rings is 1. The average molecular weight is 312 g/mol. The van der Waals surface area contributed by atoms with E-state index in [0.29, 0.717) is 12.4 Å². The van der Waals surface area contributed by atoms with Gasteiger partial charge in [0, 0.05) is 18.9 Å². The lowest BCUT2D eigenvalue weighted by atomic mass is 9.81. The molecule has 0 spiro atoms. The van der Waals surface area contributed by atoms with Crippen LogP contribution in [0.15, 0.2) is 6.20 Å². The molecule has 0 fully saturated rings. The van der Waals surface area contributed by atoms with Crippen molar-refractivity contribution in [2.75, 3.05) is 6.54 Å². The van der Waals surface area contributed by atoms with Gasteiger partial charge in [-0.15, -0.1) is 0 Å². The number of nitrogens with zero attached hydrogens (tertiary/aromatic N) is 3. The van der Waals surface area contributed by atoms with Crippen molar-refractivity contribution in [3.63, 3.8) is 0 Å². The van der Waals surface area contributed by atoms with E-state index in [4.69, 9.17) is 0 Å². The van der Waals surface area contributed by atoms with Gasteiger partial charge >= 0.3 is 5.82 Å². The van der Waals surface area contributed by atoms with E-state index in [1.807, 2.05) is 27.7 Å². The van der Waals surface area contributed by atoms with E-state index in [9.17, 15) is 20.0 Å².